The number of hydrogen-bond acceptors (Lipinski definition) is 3. The fraction of sp³-hybridized carbons (Fsp3) is 0.400. The Balaban J connectivity index is 1.74. The lowest BCUT2D eigenvalue weighted by atomic mass is 9.98. The third kappa shape index (κ3) is 6.58. The predicted molar refractivity (Wildman–Crippen MR) is 98.6 cm³/mol. The van der Waals surface area contributed by atoms with Crippen molar-refractivity contribution in [2.24, 2.45) is 5.73 Å². The molecule has 1 unspecified atom stereocenters. The highest BCUT2D eigenvalue weighted by atomic mass is 32.1. The van der Waals surface area contributed by atoms with Crippen molar-refractivity contribution in [2.45, 2.75) is 44.6 Å². The van der Waals surface area contributed by atoms with E-state index in [9.17, 15) is 5.11 Å². The molecule has 0 spiro atoms. The molecule has 0 fully saturated rings. The van der Waals surface area contributed by atoms with Crippen molar-refractivity contribution in [3.05, 3.63) is 57.8 Å². The van der Waals surface area contributed by atoms with E-state index in [-0.39, 0.29) is 6.61 Å². The zero-order valence-electron chi connectivity index (χ0n) is 13.7. The molecule has 0 aliphatic heterocycles. The first-order chi connectivity index (χ1) is 11.1. The standard InChI is InChI=1S/C20H25NOS/c1-20(21,16-22)15-14-19-13-12-18(23-19)11-7-3-6-10-17-8-4-2-5-9-17/h2,4-5,8-9,12-13,22H,3,6,10,14-16,21H2,1H3. The monoisotopic (exact) mass is 327 g/mol. The zero-order valence-corrected chi connectivity index (χ0v) is 14.5. The van der Waals surface area contributed by atoms with Crippen LogP contribution in [0, 0.1) is 11.8 Å². The summed E-state index contributed by atoms with van der Waals surface area (Å²) in [4.78, 5) is 2.39. The maximum absolute atomic E-state index is 9.18. The smallest absolute Gasteiger partial charge is 0.0771 e. The van der Waals surface area contributed by atoms with E-state index in [1.54, 1.807) is 11.3 Å². The van der Waals surface area contributed by atoms with Crippen molar-refractivity contribution in [3.63, 3.8) is 0 Å². The molecule has 2 rings (SSSR count). The molecular weight excluding hydrogens is 302 g/mol. The van der Waals surface area contributed by atoms with E-state index in [4.69, 9.17) is 5.73 Å². The van der Waals surface area contributed by atoms with Gasteiger partial charge in [-0.2, -0.15) is 0 Å². The number of unbranched alkanes of at least 4 members (excludes halogenated alkanes) is 1. The van der Waals surface area contributed by atoms with E-state index in [0.717, 1.165) is 37.0 Å². The second-order valence-electron chi connectivity index (χ2n) is 6.22. The second-order valence-corrected chi connectivity index (χ2v) is 7.39. The zero-order chi connectivity index (χ0) is 16.5. The predicted octanol–water partition coefficient (Wildman–Crippen LogP) is 3.76. The van der Waals surface area contributed by atoms with E-state index >= 15 is 0 Å². The van der Waals surface area contributed by atoms with Crippen molar-refractivity contribution in [3.8, 4) is 11.8 Å². The molecular formula is C20H25NOS. The number of aryl methyl sites for hydroxylation is 2. The summed E-state index contributed by atoms with van der Waals surface area (Å²) in [6, 6.07) is 14.7. The molecule has 0 aliphatic carbocycles. The van der Waals surface area contributed by atoms with Gasteiger partial charge in [0.2, 0.25) is 0 Å². The highest BCUT2D eigenvalue weighted by Crippen LogP contribution is 2.19. The van der Waals surface area contributed by atoms with Gasteiger partial charge in [0.05, 0.1) is 11.5 Å². The minimum atomic E-state index is -0.493. The van der Waals surface area contributed by atoms with Crippen LogP contribution in [0.4, 0.5) is 0 Å². The normalized spacial score (nSPS) is 13.2. The average Bonchev–Trinajstić information content (AvgIpc) is 3.02. The highest BCUT2D eigenvalue weighted by Gasteiger charge is 2.16. The van der Waals surface area contributed by atoms with Gasteiger partial charge in [0, 0.05) is 16.8 Å². The number of aliphatic hydroxyl groups is 1. The van der Waals surface area contributed by atoms with Gasteiger partial charge in [0.15, 0.2) is 0 Å². The fourth-order valence-corrected chi connectivity index (χ4v) is 3.12. The van der Waals surface area contributed by atoms with Crippen LogP contribution in [0.5, 0.6) is 0 Å². The minimum absolute atomic E-state index is 0.0203. The lowest BCUT2D eigenvalue weighted by Crippen LogP contribution is -2.40. The Kier molecular flexibility index (Phi) is 6.85. The number of aliphatic hydroxyl groups excluding tert-OH is 1. The van der Waals surface area contributed by atoms with E-state index in [2.05, 4.69) is 48.2 Å². The Bertz CT molecular complexity index is 649. The molecule has 23 heavy (non-hydrogen) atoms. The fourth-order valence-electron chi connectivity index (χ4n) is 2.24. The van der Waals surface area contributed by atoms with Gasteiger partial charge in [-0.05, 0) is 50.3 Å². The summed E-state index contributed by atoms with van der Waals surface area (Å²) in [7, 11) is 0. The molecule has 1 atom stereocenters. The van der Waals surface area contributed by atoms with Crippen LogP contribution >= 0.6 is 11.3 Å². The number of benzene rings is 1. The van der Waals surface area contributed by atoms with Gasteiger partial charge in [0.1, 0.15) is 0 Å². The van der Waals surface area contributed by atoms with Crippen molar-refractivity contribution >= 4 is 11.3 Å². The van der Waals surface area contributed by atoms with E-state index in [0.29, 0.717) is 0 Å². The van der Waals surface area contributed by atoms with Crippen molar-refractivity contribution in [1.29, 1.82) is 0 Å². The molecule has 0 saturated heterocycles. The number of thiophene rings is 1. The Morgan fingerprint density at radius 3 is 2.65 bits per heavy atom. The summed E-state index contributed by atoms with van der Waals surface area (Å²) < 4.78 is 0. The molecule has 0 saturated carbocycles. The molecule has 122 valence electrons. The van der Waals surface area contributed by atoms with Gasteiger partial charge in [0.25, 0.3) is 0 Å². The molecule has 3 N–H and O–H groups in total. The maximum atomic E-state index is 9.18. The van der Waals surface area contributed by atoms with Crippen molar-refractivity contribution in [1.82, 2.24) is 0 Å². The van der Waals surface area contributed by atoms with E-state index in [1.165, 1.54) is 10.4 Å². The SMILES string of the molecule is CC(N)(CO)CCc1ccc(C#CCCCc2ccccc2)s1. The summed E-state index contributed by atoms with van der Waals surface area (Å²) in [5.74, 6) is 6.51. The van der Waals surface area contributed by atoms with Crippen LogP contribution in [0.25, 0.3) is 0 Å². The van der Waals surface area contributed by atoms with Crippen molar-refractivity contribution < 1.29 is 5.11 Å². The van der Waals surface area contributed by atoms with Gasteiger partial charge in [-0.3, -0.25) is 0 Å². The molecule has 2 nitrogen and oxygen atoms in total. The first-order valence-corrected chi connectivity index (χ1v) is 8.92. The molecule has 1 heterocycles. The molecule has 3 heteroatoms. The number of nitrogens with two attached hydrogens (primary N) is 1. The molecule has 0 bridgehead atoms. The molecule has 0 radical (unpaired) electrons. The highest BCUT2D eigenvalue weighted by molar-refractivity contribution is 7.12. The molecule has 0 amide bonds. The Labute approximate surface area is 143 Å². The van der Waals surface area contributed by atoms with Crippen LogP contribution in [0.15, 0.2) is 42.5 Å². The van der Waals surface area contributed by atoms with Crippen LogP contribution in [-0.4, -0.2) is 17.3 Å². The Morgan fingerprint density at radius 1 is 1.13 bits per heavy atom. The van der Waals surface area contributed by atoms with Crippen LogP contribution in [0.1, 0.15) is 41.5 Å². The molecule has 1 aromatic heterocycles. The summed E-state index contributed by atoms with van der Waals surface area (Å²) in [5, 5.41) is 9.18. The largest absolute Gasteiger partial charge is 0.394 e. The quantitative estimate of drug-likeness (QED) is 0.601. The van der Waals surface area contributed by atoms with Crippen molar-refractivity contribution in [2.75, 3.05) is 6.61 Å². The Hall–Kier alpha value is -1.60. The topological polar surface area (TPSA) is 46.2 Å². The van der Waals surface area contributed by atoms with Gasteiger partial charge < -0.3 is 10.8 Å². The third-order valence-electron chi connectivity index (χ3n) is 3.79. The summed E-state index contributed by atoms with van der Waals surface area (Å²) in [5.41, 5.74) is 6.84. The van der Waals surface area contributed by atoms with Gasteiger partial charge >= 0.3 is 0 Å². The van der Waals surface area contributed by atoms with Gasteiger partial charge in [-0.25, -0.2) is 0 Å². The molecule has 1 aromatic carbocycles. The lowest BCUT2D eigenvalue weighted by molar-refractivity contribution is 0.201. The second kappa shape index (κ2) is 8.88. The first kappa shape index (κ1) is 17.7. The minimum Gasteiger partial charge on any atom is -0.394 e. The third-order valence-corrected chi connectivity index (χ3v) is 4.85. The summed E-state index contributed by atoms with van der Waals surface area (Å²) in [6.45, 7) is 1.90. The van der Waals surface area contributed by atoms with Gasteiger partial charge in [-0.15, -0.1) is 11.3 Å². The Morgan fingerprint density at radius 2 is 1.91 bits per heavy atom. The lowest BCUT2D eigenvalue weighted by Gasteiger charge is -2.20. The van der Waals surface area contributed by atoms with Gasteiger partial charge in [-0.1, -0.05) is 42.2 Å². The molecule has 0 aliphatic rings. The van der Waals surface area contributed by atoms with Crippen LogP contribution in [0.3, 0.4) is 0 Å². The number of hydrogen-bond donors (Lipinski definition) is 2. The molecule has 2 aromatic rings. The number of rotatable bonds is 7. The summed E-state index contributed by atoms with van der Waals surface area (Å²) in [6.07, 6.45) is 4.79. The average molecular weight is 327 g/mol. The van der Waals surface area contributed by atoms with E-state index in [1.807, 2.05) is 13.0 Å². The van der Waals surface area contributed by atoms with Crippen LogP contribution in [-0.2, 0) is 12.8 Å². The summed E-state index contributed by atoms with van der Waals surface area (Å²) >= 11 is 1.73. The first-order valence-electron chi connectivity index (χ1n) is 8.10. The van der Waals surface area contributed by atoms with Crippen LogP contribution in [0.2, 0.25) is 0 Å². The maximum Gasteiger partial charge on any atom is 0.0771 e. The van der Waals surface area contributed by atoms with Crippen LogP contribution < -0.4 is 5.73 Å². The van der Waals surface area contributed by atoms with E-state index < -0.39 is 5.54 Å².